The summed E-state index contributed by atoms with van der Waals surface area (Å²) in [6.45, 7) is 2.18. The smallest absolute Gasteiger partial charge is 0.363 e. The summed E-state index contributed by atoms with van der Waals surface area (Å²) in [6, 6.07) is 9.51. The first-order chi connectivity index (χ1) is 11.1. The van der Waals surface area contributed by atoms with Crippen LogP contribution in [0.3, 0.4) is 0 Å². The zero-order valence-corrected chi connectivity index (χ0v) is 12.5. The standard InChI is InChI=1S/C18H14FNO3/c1-10-7-14(10)16-6-5-13(22-16)9-15-18(21)23-17(20-15)11-3-2-4-12(19)8-11/h2-6,8-10,14H,7H2,1H3/b15-9-/t10-,14-/m0/s1. The summed E-state index contributed by atoms with van der Waals surface area (Å²) < 4.78 is 24.1. The molecule has 0 unspecified atom stereocenters. The fourth-order valence-electron chi connectivity index (χ4n) is 2.65. The molecule has 0 N–H and O–H groups in total. The first-order valence-electron chi connectivity index (χ1n) is 7.48. The van der Waals surface area contributed by atoms with Crippen LogP contribution in [0.25, 0.3) is 6.08 Å². The summed E-state index contributed by atoms with van der Waals surface area (Å²) >= 11 is 0. The number of furan rings is 1. The highest BCUT2D eigenvalue weighted by Gasteiger charge is 2.36. The fourth-order valence-corrected chi connectivity index (χ4v) is 2.65. The predicted molar refractivity (Wildman–Crippen MR) is 82.2 cm³/mol. The Labute approximate surface area is 132 Å². The van der Waals surface area contributed by atoms with Crippen LogP contribution in [-0.2, 0) is 9.53 Å². The number of halogens is 1. The molecular formula is C18H14FNO3. The van der Waals surface area contributed by atoms with E-state index in [0.29, 0.717) is 23.2 Å². The van der Waals surface area contributed by atoms with Gasteiger partial charge in [-0.05, 0) is 42.7 Å². The molecule has 4 nitrogen and oxygen atoms in total. The monoisotopic (exact) mass is 311 g/mol. The van der Waals surface area contributed by atoms with Crippen molar-refractivity contribution in [3.63, 3.8) is 0 Å². The van der Waals surface area contributed by atoms with E-state index in [9.17, 15) is 9.18 Å². The van der Waals surface area contributed by atoms with Crippen LogP contribution in [0.4, 0.5) is 4.39 Å². The lowest BCUT2D eigenvalue weighted by Crippen LogP contribution is -2.05. The first kappa shape index (κ1) is 13.9. The summed E-state index contributed by atoms with van der Waals surface area (Å²) in [5.74, 6) is 1.75. The highest BCUT2D eigenvalue weighted by Crippen LogP contribution is 2.47. The average Bonchev–Trinajstić information content (AvgIpc) is 2.94. The molecule has 1 aliphatic carbocycles. The number of nitrogens with zero attached hydrogens (tertiary/aromatic N) is 1. The van der Waals surface area contributed by atoms with Crippen molar-refractivity contribution in [1.29, 1.82) is 0 Å². The molecule has 0 amide bonds. The third-order valence-electron chi connectivity index (χ3n) is 4.09. The third-order valence-corrected chi connectivity index (χ3v) is 4.09. The Morgan fingerprint density at radius 1 is 1.30 bits per heavy atom. The minimum absolute atomic E-state index is 0.100. The maximum Gasteiger partial charge on any atom is 0.363 e. The third kappa shape index (κ3) is 2.70. The second-order valence-electron chi connectivity index (χ2n) is 5.91. The van der Waals surface area contributed by atoms with Gasteiger partial charge >= 0.3 is 5.97 Å². The van der Waals surface area contributed by atoms with Gasteiger partial charge in [-0.1, -0.05) is 13.0 Å². The van der Waals surface area contributed by atoms with E-state index in [1.165, 1.54) is 12.1 Å². The van der Waals surface area contributed by atoms with Crippen LogP contribution < -0.4 is 0 Å². The van der Waals surface area contributed by atoms with Gasteiger partial charge < -0.3 is 9.15 Å². The van der Waals surface area contributed by atoms with Crippen LogP contribution in [0.15, 0.2) is 51.5 Å². The van der Waals surface area contributed by atoms with Crippen molar-refractivity contribution in [3.05, 3.63) is 65.0 Å². The first-order valence-corrected chi connectivity index (χ1v) is 7.48. The van der Waals surface area contributed by atoms with E-state index in [-0.39, 0.29) is 11.6 Å². The van der Waals surface area contributed by atoms with Crippen molar-refractivity contribution in [2.24, 2.45) is 10.9 Å². The number of carbonyl (C=O) groups excluding carboxylic acids is 1. The van der Waals surface area contributed by atoms with Gasteiger partial charge in [-0.25, -0.2) is 14.2 Å². The molecule has 1 aromatic heterocycles. The number of hydrogen-bond acceptors (Lipinski definition) is 4. The molecular weight excluding hydrogens is 297 g/mol. The van der Waals surface area contributed by atoms with Crippen LogP contribution in [0, 0.1) is 11.7 Å². The molecule has 1 fully saturated rings. The van der Waals surface area contributed by atoms with Crippen LogP contribution in [0.2, 0.25) is 0 Å². The Bertz CT molecular complexity index is 849. The van der Waals surface area contributed by atoms with Crippen LogP contribution in [0.1, 0.15) is 36.3 Å². The summed E-state index contributed by atoms with van der Waals surface area (Å²) in [5, 5.41) is 0. The highest BCUT2D eigenvalue weighted by molar-refractivity contribution is 6.12. The number of rotatable bonds is 3. The van der Waals surface area contributed by atoms with E-state index in [1.807, 2.05) is 12.1 Å². The number of hydrogen-bond donors (Lipinski definition) is 0. The van der Waals surface area contributed by atoms with E-state index in [2.05, 4.69) is 11.9 Å². The summed E-state index contributed by atoms with van der Waals surface area (Å²) in [7, 11) is 0. The molecule has 1 saturated carbocycles. The van der Waals surface area contributed by atoms with Crippen molar-refractivity contribution in [3.8, 4) is 0 Å². The molecule has 5 heteroatoms. The number of esters is 1. The highest BCUT2D eigenvalue weighted by atomic mass is 19.1. The lowest BCUT2D eigenvalue weighted by Gasteiger charge is -1.98. The molecule has 0 spiro atoms. The van der Waals surface area contributed by atoms with Gasteiger partial charge in [-0.2, -0.15) is 0 Å². The quantitative estimate of drug-likeness (QED) is 0.638. The largest absolute Gasteiger partial charge is 0.461 e. The van der Waals surface area contributed by atoms with Gasteiger partial charge in [0.1, 0.15) is 17.3 Å². The van der Waals surface area contributed by atoms with Gasteiger partial charge in [-0.15, -0.1) is 0 Å². The zero-order chi connectivity index (χ0) is 16.0. The molecule has 1 aromatic carbocycles. The molecule has 2 heterocycles. The number of carbonyl (C=O) groups is 1. The zero-order valence-electron chi connectivity index (χ0n) is 12.5. The number of ether oxygens (including phenoxy) is 1. The average molecular weight is 311 g/mol. The summed E-state index contributed by atoms with van der Waals surface area (Å²) in [5.41, 5.74) is 0.572. The summed E-state index contributed by atoms with van der Waals surface area (Å²) in [4.78, 5) is 16.1. The van der Waals surface area contributed by atoms with Gasteiger partial charge in [0.15, 0.2) is 5.70 Å². The topological polar surface area (TPSA) is 51.8 Å². The van der Waals surface area contributed by atoms with Crippen LogP contribution in [0.5, 0.6) is 0 Å². The predicted octanol–water partition coefficient (Wildman–Crippen LogP) is 3.89. The van der Waals surface area contributed by atoms with Gasteiger partial charge in [-0.3, -0.25) is 0 Å². The van der Waals surface area contributed by atoms with Gasteiger partial charge in [0.25, 0.3) is 0 Å². The molecule has 0 saturated heterocycles. The Hall–Kier alpha value is -2.69. The van der Waals surface area contributed by atoms with E-state index in [4.69, 9.17) is 9.15 Å². The van der Waals surface area contributed by atoms with Crippen molar-refractivity contribution in [2.45, 2.75) is 19.3 Å². The second-order valence-corrected chi connectivity index (χ2v) is 5.91. The molecule has 2 aliphatic rings. The lowest BCUT2D eigenvalue weighted by atomic mass is 10.2. The Kier molecular flexibility index (Phi) is 3.15. The normalized spacial score (nSPS) is 24.7. The number of benzene rings is 1. The van der Waals surface area contributed by atoms with Gasteiger partial charge in [0.05, 0.1) is 0 Å². The van der Waals surface area contributed by atoms with Crippen molar-refractivity contribution < 1.29 is 18.3 Å². The Morgan fingerprint density at radius 2 is 2.13 bits per heavy atom. The van der Waals surface area contributed by atoms with Crippen LogP contribution >= 0.6 is 0 Å². The molecule has 0 radical (unpaired) electrons. The molecule has 23 heavy (non-hydrogen) atoms. The molecule has 2 atom stereocenters. The second kappa shape index (κ2) is 5.19. The van der Waals surface area contributed by atoms with Crippen molar-refractivity contribution in [2.75, 3.05) is 0 Å². The molecule has 0 bridgehead atoms. The Morgan fingerprint density at radius 3 is 2.87 bits per heavy atom. The molecule has 116 valence electrons. The van der Waals surface area contributed by atoms with E-state index >= 15 is 0 Å². The molecule has 2 aromatic rings. The van der Waals surface area contributed by atoms with E-state index < -0.39 is 11.8 Å². The minimum Gasteiger partial charge on any atom is -0.461 e. The van der Waals surface area contributed by atoms with Gasteiger partial charge in [0.2, 0.25) is 5.90 Å². The maximum absolute atomic E-state index is 13.3. The summed E-state index contributed by atoms with van der Waals surface area (Å²) in [6.07, 6.45) is 2.68. The lowest BCUT2D eigenvalue weighted by molar-refractivity contribution is -0.129. The van der Waals surface area contributed by atoms with E-state index in [1.54, 1.807) is 18.2 Å². The minimum atomic E-state index is -0.568. The van der Waals surface area contributed by atoms with Gasteiger partial charge in [0, 0.05) is 17.6 Å². The maximum atomic E-state index is 13.3. The van der Waals surface area contributed by atoms with Crippen molar-refractivity contribution in [1.82, 2.24) is 0 Å². The molecule has 4 rings (SSSR count). The SMILES string of the molecule is C[C@H]1C[C@@H]1c1ccc(/C=C2\N=C(c3cccc(F)c3)OC2=O)o1. The number of aliphatic imine (C=N–C) groups is 1. The Balaban J connectivity index is 1.60. The molecule has 1 aliphatic heterocycles. The van der Waals surface area contributed by atoms with Crippen LogP contribution in [-0.4, -0.2) is 11.9 Å². The van der Waals surface area contributed by atoms with Crippen molar-refractivity contribution >= 4 is 17.9 Å². The fraction of sp³-hybridized carbons (Fsp3) is 0.222. The van der Waals surface area contributed by atoms with E-state index in [0.717, 1.165) is 12.2 Å². The number of cyclic esters (lactones) is 1.